The molecule has 3 rings (SSSR count). The van der Waals surface area contributed by atoms with Crippen molar-refractivity contribution < 1.29 is 18.9 Å². The van der Waals surface area contributed by atoms with E-state index < -0.39 is 0 Å². The summed E-state index contributed by atoms with van der Waals surface area (Å²) in [5, 5.41) is 7.10. The zero-order valence-corrected chi connectivity index (χ0v) is 22.5. The Bertz CT molecular complexity index is 830. The molecule has 2 N–H and O–H groups in total. The number of hydrogen-bond acceptors (Lipinski definition) is 8. The highest BCUT2D eigenvalue weighted by Gasteiger charge is 2.15. The van der Waals surface area contributed by atoms with Gasteiger partial charge in [0.2, 0.25) is 0 Å². The van der Waals surface area contributed by atoms with Crippen molar-refractivity contribution in [2.24, 2.45) is 0 Å². The molecule has 0 radical (unpaired) electrons. The van der Waals surface area contributed by atoms with Gasteiger partial charge >= 0.3 is 0 Å². The predicted octanol–water partition coefficient (Wildman–Crippen LogP) is 3.00. The van der Waals surface area contributed by atoms with E-state index in [-0.39, 0.29) is 0 Å². The van der Waals surface area contributed by atoms with Gasteiger partial charge in [0.15, 0.2) is 23.0 Å². The predicted molar refractivity (Wildman–Crippen MR) is 145 cm³/mol. The third kappa shape index (κ3) is 8.85. The molecule has 0 saturated carbocycles. The van der Waals surface area contributed by atoms with Crippen molar-refractivity contribution in [3.63, 3.8) is 0 Å². The molecule has 1 fully saturated rings. The molecule has 0 aromatic heterocycles. The molecule has 2 aromatic carbocycles. The van der Waals surface area contributed by atoms with Crippen LogP contribution in [0.2, 0.25) is 0 Å². The molecule has 0 unspecified atom stereocenters. The molecule has 2 aromatic rings. The van der Waals surface area contributed by atoms with Crippen molar-refractivity contribution in [2.45, 2.75) is 25.9 Å². The summed E-state index contributed by atoms with van der Waals surface area (Å²) in [6, 6.07) is 12.2. The Hall–Kier alpha value is -2.52. The molecule has 36 heavy (non-hydrogen) atoms. The summed E-state index contributed by atoms with van der Waals surface area (Å²) in [4.78, 5) is 5.17. The van der Waals surface area contributed by atoms with Crippen molar-refractivity contribution in [3.05, 3.63) is 47.5 Å². The van der Waals surface area contributed by atoms with E-state index in [9.17, 15) is 0 Å². The van der Waals surface area contributed by atoms with Gasteiger partial charge in [0.1, 0.15) is 0 Å². The van der Waals surface area contributed by atoms with Crippen LogP contribution < -0.4 is 29.6 Å². The molecular weight excluding hydrogens is 456 g/mol. The highest BCUT2D eigenvalue weighted by molar-refractivity contribution is 5.43. The van der Waals surface area contributed by atoms with Crippen LogP contribution in [-0.2, 0) is 13.1 Å². The first-order valence-electron chi connectivity index (χ1n) is 12.9. The third-order valence-corrected chi connectivity index (χ3v) is 6.67. The Morgan fingerprint density at radius 2 is 0.972 bits per heavy atom. The summed E-state index contributed by atoms with van der Waals surface area (Å²) >= 11 is 0. The van der Waals surface area contributed by atoms with E-state index in [0.29, 0.717) is 0 Å². The molecule has 0 aliphatic carbocycles. The molecule has 200 valence electrons. The number of rotatable bonds is 16. The van der Waals surface area contributed by atoms with E-state index in [2.05, 4.69) is 32.6 Å². The molecule has 1 heterocycles. The largest absolute Gasteiger partial charge is 0.493 e. The SMILES string of the molecule is COc1ccc(CNCCCN2CCN(CCCNCc3ccc(OC)c(OC)c3)CC2)cc1OC. The van der Waals surface area contributed by atoms with Crippen molar-refractivity contribution in [1.29, 1.82) is 0 Å². The molecule has 8 nitrogen and oxygen atoms in total. The summed E-state index contributed by atoms with van der Waals surface area (Å²) in [5.74, 6) is 3.10. The van der Waals surface area contributed by atoms with Crippen molar-refractivity contribution in [3.8, 4) is 23.0 Å². The average molecular weight is 501 g/mol. The molecule has 1 saturated heterocycles. The number of piperazine rings is 1. The van der Waals surface area contributed by atoms with E-state index in [4.69, 9.17) is 18.9 Å². The number of methoxy groups -OCH3 is 4. The standard InChI is InChI=1S/C28H44N4O4/c1-33-25-9-7-23(19-27(25)35-3)21-29-11-5-13-31-15-17-32(18-16-31)14-6-12-30-22-24-8-10-26(34-2)28(20-24)36-4/h7-10,19-20,29-30H,5-6,11-18,21-22H2,1-4H3. The summed E-state index contributed by atoms with van der Waals surface area (Å²) in [5.41, 5.74) is 2.42. The fraction of sp³-hybridized carbons (Fsp3) is 0.571. The van der Waals surface area contributed by atoms with Crippen molar-refractivity contribution >= 4 is 0 Å². The van der Waals surface area contributed by atoms with Crippen LogP contribution in [-0.4, -0.2) is 90.6 Å². The van der Waals surface area contributed by atoms with Crippen LogP contribution >= 0.6 is 0 Å². The normalized spacial score (nSPS) is 14.6. The van der Waals surface area contributed by atoms with E-state index in [0.717, 1.165) is 101 Å². The molecule has 0 bridgehead atoms. The lowest BCUT2D eigenvalue weighted by Gasteiger charge is -2.34. The summed E-state index contributed by atoms with van der Waals surface area (Å²) in [7, 11) is 6.67. The van der Waals surface area contributed by atoms with Crippen molar-refractivity contribution in [2.75, 3.05) is 80.8 Å². The van der Waals surface area contributed by atoms with Crippen LogP contribution in [0.3, 0.4) is 0 Å². The van der Waals surface area contributed by atoms with Crippen LogP contribution in [0.1, 0.15) is 24.0 Å². The van der Waals surface area contributed by atoms with Gasteiger partial charge in [-0.1, -0.05) is 12.1 Å². The van der Waals surface area contributed by atoms with E-state index in [1.54, 1.807) is 28.4 Å². The summed E-state index contributed by atoms with van der Waals surface area (Å²) in [6.07, 6.45) is 2.32. The van der Waals surface area contributed by atoms with Gasteiger partial charge < -0.3 is 39.4 Å². The van der Waals surface area contributed by atoms with Crippen LogP contribution in [0, 0.1) is 0 Å². The first-order chi connectivity index (χ1) is 17.7. The van der Waals surface area contributed by atoms with Crippen LogP contribution in [0.4, 0.5) is 0 Å². The highest BCUT2D eigenvalue weighted by atomic mass is 16.5. The van der Waals surface area contributed by atoms with Gasteiger partial charge in [0.05, 0.1) is 28.4 Å². The average Bonchev–Trinajstić information content (AvgIpc) is 2.93. The summed E-state index contributed by atoms with van der Waals surface area (Å²) < 4.78 is 21.4. The Kier molecular flexibility index (Phi) is 12.1. The Morgan fingerprint density at radius 3 is 1.33 bits per heavy atom. The molecule has 0 atom stereocenters. The quantitative estimate of drug-likeness (QED) is 0.341. The minimum absolute atomic E-state index is 0.770. The first-order valence-corrected chi connectivity index (χ1v) is 12.9. The van der Waals surface area contributed by atoms with Crippen LogP contribution in [0.5, 0.6) is 23.0 Å². The molecule has 8 heteroatoms. The van der Waals surface area contributed by atoms with Gasteiger partial charge in [-0.2, -0.15) is 0 Å². The van der Waals surface area contributed by atoms with Crippen molar-refractivity contribution in [1.82, 2.24) is 20.4 Å². The third-order valence-electron chi connectivity index (χ3n) is 6.67. The minimum Gasteiger partial charge on any atom is -0.493 e. The second kappa shape index (κ2) is 15.6. The molecule has 1 aliphatic rings. The fourth-order valence-electron chi connectivity index (χ4n) is 4.54. The van der Waals surface area contributed by atoms with Gasteiger partial charge in [0.25, 0.3) is 0 Å². The van der Waals surface area contributed by atoms with Gasteiger partial charge in [-0.15, -0.1) is 0 Å². The fourth-order valence-corrected chi connectivity index (χ4v) is 4.54. The maximum atomic E-state index is 5.39. The molecule has 0 amide bonds. The number of benzene rings is 2. The summed E-state index contributed by atoms with van der Waals surface area (Å²) in [6.45, 7) is 10.7. The highest BCUT2D eigenvalue weighted by Crippen LogP contribution is 2.28. The monoisotopic (exact) mass is 500 g/mol. The number of nitrogens with zero attached hydrogens (tertiary/aromatic N) is 2. The molecule has 1 aliphatic heterocycles. The number of ether oxygens (including phenoxy) is 4. The number of nitrogens with one attached hydrogen (secondary N) is 2. The Morgan fingerprint density at radius 1 is 0.583 bits per heavy atom. The Balaban J connectivity index is 1.21. The van der Waals surface area contributed by atoms with Crippen LogP contribution in [0.15, 0.2) is 36.4 Å². The topological polar surface area (TPSA) is 67.5 Å². The molecular formula is C28H44N4O4. The van der Waals surface area contributed by atoms with Gasteiger partial charge in [-0.25, -0.2) is 0 Å². The van der Waals surface area contributed by atoms with E-state index >= 15 is 0 Å². The maximum absolute atomic E-state index is 5.39. The lowest BCUT2D eigenvalue weighted by molar-refractivity contribution is 0.130. The lowest BCUT2D eigenvalue weighted by atomic mass is 10.2. The first kappa shape index (κ1) is 28.1. The zero-order valence-electron chi connectivity index (χ0n) is 22.5. The smallest absolute Gasteiger partial charge is 0.161 e. The maximum Gasteiger partial charge on any atom is 0.161 e. The van der Waals surface area contributed by atoms with Gasteiger partial charge in [-0.05, 0) is 74.4 Å². The number of hydrogen-bond donors (Lipinski definition) is 2. The second-order valence-corrected chi connectivity index (χ2v) is 9.12. The zero-order chi connectivity index (χ0) is 25.6. The van der Waals surface area contributed by atoms with Gasteiger partial charge in [-0.3, -0.25) is 0 Å². The van der Waals surface area contributed by atoms with E-state index in [1.807, 2.05) is 24.3 Å². The molecule has 0 spiro atoms. The van der Waals surface area contributed by atoms with Crippen LogP contribution in [0.25, 0.3) is 0 Å². The minimum atomic E-state index is 0.770. The Labute approximate surface area is 216 Å². The second-order valence-electron chi connectivity index (χ2n) is 9.12. The van der Waals surface area contributed by atoms with E-state index in [1.165, 1.54) is 11.1 Å². The van der Waals surface area contributed by atoms with Gasteiger partial charge in [0, 0.05) is 39.3 Å². The lowest BCUT2D eigenvalue weighted by Crippen LogP contribution is -2.47.